The number of aliphatic hydroxyl groups is 1. The van der Waals surface area contributed by atoms with E-state index in [1.807, 2.05) is 41.5 Å². The van der Waals surface area contributed by atoms with Gasteiger partial charge >= 0.3 is 5.97 Å². The first-order chi connectivity index (χ1) is 29.0. The van der Waals surface area contributed by atoms with Gasteiger partial charge in [-0.1, -0.05) is 97.3 Å². The maximum atomic E-state index is 13.6. The molecule has 4 rings (SSSR count). The third kappa shape index (κ3) is 17.0. The molecule has 0 bridgehead atoms. The average Bonchev–Trinajstić information content (AvgIpc) is 4.02. The highest BCUT2D eigenvalue weighted by Crippen LogP contribution is 2.44. The topological polar surface area (TPSA) is 156 Å². The van der Waals surface area contributed by atoms with Crippen LogP contribution in [-0.4, -0.2) is 120 Å². The molecule has 2 saturated heterocycles. The Hall–Kier alpha value is -2.82. The summed E-state index contributed by atoms with van der Waals surface area (Å²) in [7, 11) is 5.35. The Morgan fingerprint density at radius 2 is 1.67 bits per heavy atom. The van der Waals surface area contributed by atoms with E-state index in [2.05, 4.69) is 70.1 Å². The number of methoxy groups -OCH3 is 1. The number of nitrogens with one attached hydrogen (secondary N) is 3. The number of hydrogen-bond acceptors (Lipinski definition) is 11. The molecular weight excluding hydrogens is 834 g/mol. The van der Waals surface area contributed by atoms with Crippen LogP contribution in [-0.2, 0) is 32.1 Å². The number of carbonyl (C=O) groups excluding carboxylic acids is 2. The average molecular weight is 905 g/mol. The SMILES string of the molecule is COc1ccc(C[C@@H](NC(O)/C=C/CC[C@H](C)[C@H]2O[C@@H]2c2ccc(CN3CCN(CC[C@H](C)SSC)CC3)cc2)C(=O)NCC(C)(C)C(=O)N[C@@H](CC(C)C)C(=O)O)cc1Cl. The molecule has 15 heteroatoms. The molecule has 5 N–H and O–H groups in total. The van der Waals surface area contributed by atoms with Crippen molar-refractivity contribution in [3.63, 3.8) is 0 Å². The van der Waals surface area contributed by atoms with Crippen LogP contribution in [0, 0.1) is 17.3 Å². The van der Waals surface area contributed by atoms with Crippen LogP contribution >= 0.6 is 33.2 Å². The number of nitrogens with zero attached hydrogens (tertiary/aromatic N) is 2. The summed E-state index contributed by atoms with van der Waals surface area (Å²) in [6.45, 7) is 18.1. The van der Waals surface area contributed by atoms with E-state index in [9.17, 15) is 24.6 Å². The first-order valence-corrected chi connectivity index (χ1v) is 24.6. The number of hydrogen-bond donors (Lipinski definition) is 5. The minimum atomic E-state index is -1.13. The number of carboxylic acids is 1. The fraction of sp³-hybridized carbons (Fsp3) is 0.630. The smallest absolute Gasteiger partial charge is 0.326 e. The van der Waals surface area contributed by atoms with E-state index >= 15 is 0 Å². The predicted octanol–water partition coefficient (Wildman–Crippen LogP) is 6.95. The van der Waals surface area contributed by atoms with Crippen molar-refractivity contribution in [3.05, 3.63) is 76.3 Å². The van der Waals surface area contributed by atoms with Gasteiger partial charge in [0.15, 0.2) is 0 Å². The van der Waals surface area contributed by atoms with Crippen molar-refractivity contribution in [1.82, 2.24) is 25.8 Å². The number of benzene rings is 2. The van der Waals surface area contributed by atoms with E-state index in [0.717, 1.165) is 51.1 Å². The Morgan fingerprint density at radius 3 is 2.30 bits per heavy atom. The van der Waals surface area contributed by atoms with Crippen LogP contribution in [0.15, 0.2) is 54.6 Å². The lowest BCUT2D eigenvalue weighted by Crippen LogP contribution is -2.54. The summed E-state index contributed by atoms with van der Waals surface area (Å²) in [5.41, 5.74) is 2.16. The van der Waals surface area contributed by atoms with Crippen molar-refractivity contribution >= 4 is 51.0 Å². The number of piperazine rings is 1. The molecule has 0 aliphatic carbocycles. The van der Waals surface area contributed by atoms with Gasteiger partial charge in [0.25, 0.3) is 0 Å². The van der Waals surface area contributed by atoms with E-state index in [4.69, 9.17) is 21.1 Å². The maximum absolute atomic E-state index is 13.6. The molecule has 2 aliphatic rings. The van der Waals surface area contributed by atoms with Gasteiger partial charge in [0.05, 0.1) is 29.7 Å². The molecule has 2 aliphatic heterocycles. The summed E-state index contributed by atoms with van der Waals surface area (Å²) in [6, 6.07) is 12.2. The zero-order valence-corrected chi connectivity index (χ0v) is 39.7. The normalized spacial score (nSPS) is 19.9. The summed E-state index contributed by atoms with van der Waals surface area (Å²) in [6.07, 6.45) is 8.11. The second-order valence-electron chi connectivity index (χ2n) is 17.7. The molecular formula is C46H70ClN5O7S2. The predicted molar refractivity (Wildman–Crippen MR) is 249 cm³/mol. The number of halogens is 1. The maximum Gasteiger partial charge on any atom is 0.326 e. The Balaban J connectivity index is 1.24. The van der Waals surface area contributed by atoms with Gasteiger partial charge in [-0.15, -0.1) is 0 Å². The molecule has 1 unspecified atom stereocenters. The lowest BCUT2D eigenvalue weighted by molar-refractivity contribution is -0.144. The minimum absolute atomic E-state index is 0.0546. The Bertz CT molecular complexity index is 1730. The van der Waals surface area contributed by atoms with Gasteiger partial charge in [-0.25, -0.2) is 4.79 Å². The molecule has 2 aromatic rings. The number of carbonyl (C=O) groups is 3. The van der Waals surface area contributed by atoms with Crippen LogP contribution in [0.1, 0.15) is 90.0 Å². The first-order valence-electron chi connectivity index (χ1n) is 21.6. The van der Waals surface area contributed by atoms with Gasteiger partial charge in [0.2, 0.25) is 11.8 Å². The molecule has 0 radical (unpaired) electrons. The third-order valence-corrected chi connectivity index (χ3v) is 14.1. The number of ether oxygens (including phenoxy) is 2. The van der Waals surface area contributed by atoms with E-state index in [1.54, 1.807) is 38.1 Å². The summed E-state index contributed by atoms with van der Waals surface area (Å²) in [4.78, 5) is 43.7. The number of carboxylic acid groups (broad SMARTS) is 1. The van der Waals surface area contributed by atoms with E-state index in [0.29, 0.717) is 21.9 Å². The molecule has 2 heterocycles. The largest absolute Gasteiger partial charge is 0.495 e. The highest BCUT2D eigenvalue weighted by atomic mass is 35.5. The molecule has 61 heavy (non-hydrogen) atoms. The first kappa shape index (κ1) is 50.8. The van der Waals surface area contributed by atoms with Crippen LogP contribution in [0.4, 0.5) is 0 Å². The lowest BCUT2D eigenvalue weighted by atomic mass is 9.91. The van der Waals surface area contributed by atoms with Crippen LogP contribution in [0.3, 0.4) is 0 Å². The number of amides is 2. The Kier molecular flexibility index (Phi) is 20.7. The summed E-state index contributed by atoms with van der Waals surface area (Å²) >= 11 is 6.39. The van der Waals surface area contributed by atoms with Crippen LogP contribution < -0.4 is 20.7 Å². The monoisotopic (exact) mass is 903 g/mol. The molecule has 2 amide bonds. The molecule has 0 saturated carbocycles. The number of rotatable bonds is 26. The second kappa shape index (κ2) is 24.9. The Labute approximate surface area is 377 Å². The van der Waals surface area contributed by atoms with Crippen molar-refractivity contribution < 1.29 is 34.1 Å². The van der Waals surface area contributed by atoms with Crippen molar-refractivity contribution in [2.24, 2.45) is 17.3 Å². The zero-order chi connectivity index (χ0) is 44.7. The third-order valence-electron chi connectivity index (χ3n) is 11.5. The van der Waals surface area contributed by atoms with Gasteiger partial charge in [-0.3, -0.25) is 19.8 Å². The van der Waals surface area contributed by atoms with Crippen LogP contribution in [0.5, 0.6) is 5.75 Å². The minimum Gasteiger partial charge on any atom is -0.495 e. The molecule has 0 spiro atoms. The highest BCUT2D eigenvalue weighted by Gasteiger charge is 2.43. The van der Waals surface area contributed by atoms with Crippen molar-refractivity contribution in [1.29, 1.82) is 0 Å². The molecule has 0 aromatic heterocycles. The van der Waals surface area contributed by atoms with Gasteiger partial charge in [0.1, 0.15) is 24.1 Å². The summed E-state index contributed by atoms with van der Waals surface area (Å²) < 4.78 is 11.4. The quantitative estimate of drug-likeness (QED) is 0.0287. The lowest BCUT2D eigenvalue weighted by Gasteiger charge is -2.35. The molecule has 7 atom stereocenters. The van der Waals surface area contributed by atoms with Crippen molar-refractivity contribution in [3.8, 4) is 5.75 Å². The fourth-order valence-corrected chi connectivity index (χ4v) is 9.60. The van der Waals surface area contributed by atoms with Gasteiger partial charge < -0.3 is 35.2 Å². The molecule has 12 nitrogen and oxygen atoms in total. The number of aliphatic hydroxyl groups excluding tert-OH is 1. The second-order valence-corrected chi connectivity index (χ2v) is 21.0. The van der Waals surface area contributed by atoms with Gasteiger partial charge in [0, 0.05) is 44.5 Å². The number of aliphatic carboxylic acids is 1. The highest BCUT2D eigenvalue weighted by molar-refractivity contribution is 8.76. The van der Waals surface area contributed by atoms with E-state index in [-0.39, 0.29) is 37.5 Å². The standard InChI is InChI=1S/C46H70ClN5O7S2/c1-30(2)25-38(44(55)56)50-45(57)46(5,6)29-48-43(54)37(27-34-15-18-39(58-7)36(47)26-34)49-40(53)12-10-9-11-31(3)41-42(59-41)35-16-13-33(14-17-35)28-52-23-21-51(22-24-52)20-19-32(4)61-60-8/h10,12-18,26,30-32,37-38,40-42,49,53H,9,11,19-25,27-29H2,1-8H3,(H,48,54)(H,50,57)(H,55,56)/b12-10+/t31-,32-,37+,38-,40?,41+,42+/m0/s1. The summed E-state index contributed by atoms with van der Waals surface area (Å²) in [5.74, 6) is -1.15. The molecule has 2 fully saturated rings. The van der Waals surface area contributed by atoms with Crippen molar-refractivity contribution in [2.45, 2.75) is 116 Å². The zero-order valence-electron chi connectivity index (χ0n) is 37.3. The van der Waals surface area contributed by atoms with Crippen LogP contribution in [0.2, 0.25) is 5.02 Å². The molecule has 340 valence electrons. The number of allylic oxidation sites excluding steroid dienone is 1. The molecule has 2 aromatic carbocycles. The fourth-order valence-electron chi connectivity index (χ4n) is 7.51. The Morgan fingerprint density at radius 1 is 1.00 bits per heavy atom. The van der Waals surface area contributed by atoms with Gasteiger partial charge in [-0.05, 0) is 105 Å². The van der Waals surface area contributed by atoms with E-state index < -0.39 is 41.5 Å². The van der Waals surface area contributed by atoms with Crippen molar-refractivity contribution in [2.75, 3.05) is 52.6 Å². The van der Waals surface area contributed by atoms with Gasteiger partial charge in [-0.2, -0.15) is 0 Å². The van der Waals surface area contributed by atoms with E-state index in [1.165, 1.54) is 31.2 Å². The van der Waals surface area contributed by atoms with Crippen LogP contribution in [0.25, 0.3) is 0 Å². The summed E-state index contributed by atoms with van der Waals surface area (Å²) in [5, 5.41) is 30.2. The number of epoxide rings is 1.